The molecule has 17 nitrogen and oxygen atoms in total. The Morgan fingerprint density at radius 2 is 0.460 bits per heavy atom. The third-order valence-electron chi connectivity index (χ3n) is 19.0. The third kappa shape index (κ3) is 74.3. The van der Waals surface area contributed by atoms with E-state index >= 15 is 0 Å². The first-order valence-corrected chi connectivity index (χ1v) is 45.1. The van der Waals surface area contributed by atoms with Crippen LogP contribution in [0.1, 0.15) is 433 Å². The molecule has 0 saturated heterocycles. The van der Waals surface area contributed by atoms with Crippen molar-refractivity contribution in [1.82, 2.24) is 0 Å². The molecule has 3 N–H and O–H groups in total. The summed E-state index contributed by atoms with van der Waals surface area (Å²) in [6, 6.07) is 0. The van der Waals surface area contributed by atoms with E-state index in [0.29, 0.717) is 25.7 Å². The molecule has 0 heterocycles. The highest BCUT2D eigenvalue weighted by molar-refractivity contribution is 7.47. The Kier molecular flexibility index (Phi) is 72.5. The number of phosphoric acid groups is 2. The molecular formula is C81H158O17P2. The number of hydrogen-bond donors (Lipinski definition) is 3. The first-order valence-electron chi connectivity index (χ1n) is 42.1. The number of carbonyl (C=O) groups excluding carboxylic acids is 4. The van der Waals surface area contributed by atoms with Crippen molar-refractivity contribution in [3.63, 3.8) is 0 Å². The van der Waals surface area contributed by atoms with Gasteiger partial charge in [0.2, 0.25) is 0 Å². The second-order valence-corrected chi connectivity index (χ2v) is 32.5. The average molecular weight is 1470 g/mol. The van der Waals surface area contributed by atoms with Crippen LogP contribution in [0, 0.1) is 5.92 Å². The highest BCUT2D eigenvalue weighted by Crippen LogP contribution is 2.45. The number of carbonyl (C=O) groups is 4. The quantitative estimate of drug-likeness (QED) is 0.0222. The topological polar surface area (TPSA) is 237 Å². The lowest BCUT2D eigenvalue weighted by atomic mass is 10.0. The van der Waals surface area contributed by atoms with Gasteiger partial charge in [-0.15, -0.1) is 0 Å². The van der Waals surface area contributed by atoms with Gasteiger partial charge in [-0.3, -0.25) is 37.3 Å². The second-order valence-electron chi connectivity index (χ2n) is 29.6. The largest absolute Gasteiger partial charge is 0.472 e. The molecule has 0 aromatic heterocycles. The summed E-state index contributed by atoms with van der Waals surface area (Å²) in [6.45, 7) is 7.31. The zero-order valence-electron chi connectivity index (χ0n) is 65.3. The number of aliphatic hydroxyl groups is 1. The molecule has 0 radical (unpaired) electrons. The Hall–Kier alpha value is -1.94. The summed E-state index contributed by atoms with van der Waals surface area (Å²) in [5.41, 5.74) is 0. The minimum Gasteiger partial charge on any atom is -0.462 e. The molecule has 100 heavy (non-hydrogen) atoms. The smallest absolute Gasteiger partial charge is 0.462 e. The fraction of sp³-hybridized carbons (Fsp3) is 0.951. The van der Waals surface area contributed by atoms with Gasteiger partial charge in [-0.25, -0.2) is 9.13 Å². The van der Waals surface area contributed by atoms with Gasteiger partial charge in [0.15, 0.2) is 12.2 Å². The maximum absolute atomic E-state index is 13.1. The molecule has 19 heteroatoms. The van der Waals surface area contributed by atoms with Crippen LogP contribution in [0.4, 0.5) is 0 Å². The maximum atomic E-state index is 13.1. The SMILES string of the molecule is CCCCCCCCCCCCCCCCCCCCCCCCC(=O)O[C@H](COC(=O)CCCCCCCCCCCCCCC(C)C)COP(=O)(O)OC[C@@H](O)COP(=O)(O)OC[C@@H](COC(=O)CCCCCCCCCC)OC(=O)CCCCCCCCCCCCCCCCC. The number of rotatable bonds is 81. The zero-order valence-corrected chi connectivity index (χ0v) is 67.1. The molecule has 5 atom stereocenters. The second kappa shape index (κ2) is 73.9. The van der Waals surface area contributed by atoms with E-state index in [1.54, 1.807) is 0 Å². The highest BCUT2D eigenvalue weighted by atomic mass is 31.2. The predicted molar refractivity (Wildman–Crippen MR) is 409 cm³/mol. The van der Waals surface area contributed by atoms with E-state index < -0.39 is 97.5 Å². The molecule has 0 aliphatic heterocycles. The van der Waals surface area contributed by atoms with Gasteiger partial charge >= 0.3 is 39.5 Å². The predicted octanol–water partition coefficient (Wildman–Crippen LogP) is 24.4. The van der Waals surface area contributed by atoms with Crippen LogP contribution in [-0.4, -0.2) is 96.7 Å². The number of hydrogen-bond acceptors (Lipinski definition) is 15. The number of phosphoric ester groups is 2. The van der Waals surface area contributed by atoms with Crippen LogP contribution in [0.3, 0.4) is 0 Å². The molecule has 0 bridgehead atoms. The highest BCUT2D eigenvalue weighted by Gasteiger charge is 2.30. The van der Waals surface area contributed by atoms with Gasteiger partial charge in [0.05, 0.1) is 26.4 Å². The first kappa shape index (κ1) is 98.1. The van der Waals surface area contributed by atoms with Crippen LogP contribution in [0.15, 0.2) is 0 Å². The van der Waals surface area contributed by atoms with E-state index in [1.165, 1.54) is 250 Å². The molecule has 0 aromatic rings. The van der Waals surface area contributed by atoms with Crippen LogP contribution < -0.4 is 0 Å². The van der Waals surface area contributed by atoms with E-state index in [-0.39, 0.29) is 25.7 Å². The standard InChI is InChI=1S/C81H158O17P2/c1-6-9-12-15-18-21-23-25-27-28-29-30-31-32-33-35-37-43-47-52-57-62-67-81(86)98-77(71-92-79(84)65-60-55-50-45-41-39-38-40-44-48-53-58-63-74(4)5)73-96-100(89,90)94-69-75(82)68-93-99(87,88)95-72-76(70-91-78(83)64-59-54-49-20-17-14-11-8-3)97-80(85)66-61-56-51-46-42-36-34-26-24-22-19-16-13-10-7-2/h74-77,82H,6-73H2,1-5H3,(H,87,88)(H,89,90)/t75-,76+,77+/m0/s1. The van der Waals surface area contributed by atoms with Crippen molar-refractivity contribution in [3.8, 4) is 0 Å². The third-order valence-corrected chi connectivity index (χ3v) is 20.9. The van der Waals surface area contributed by atoms with Crippen molar-refractivity contribution in [2.24, 2.45) is 5.92 Å². The molecule has 2 unspecified atom stereocenters. The van der Waals surface area contributed by atoms with Crippen molar-refractivity contribution in [2.45, 2.75) is 451 Å². The lowest BCUT2D eigenvalue weighted by Gasteiger charge is -2.21. The van der Waals surface area contributed by atoms with Crippen LogP contribution in [0.2, 0.25) is 0 Å². The van der Waals surface area contributed by atoms with E-state index in [2.05, 4.69) is 34.6 Å². The molecule has 594 valence electrons. The van der Waals surface area contributed by atoms with Crippen LogP contribution in [-0.2, 0) is 65.4 Å². The van der Waals surface area contributed by atoms with Gasteiger partial charge in [0.1, 0.15) is 19.3 Å². The van der Waals surface area contributed by atoms with E-state index in [0.717, 1.165) is 102 Å². The normalized spacial score (nSPS) is 13.8. The molecule has 0 aliphatic rings. The molecule has 0 amide bonds. The van der Waals surface area contributed by atoms with Crippen LogP contribution in [0.5, 0.6) is 0 Å². The summed E-state index contributed by atoms with van der Waals surface area (Å²) in [5.74, 6) is -1.33. The summed E-state index contributed by atoms with van der Waals surface area (Å²) < 4.78 is 68.6. The minimum atomic E-state index is -4.96. The summed E-state index contributed by atoms with van der Waals surface area (Å²) in [4.78, 5) is 72.9. The van der Waals surface area contributed by atoms with Crippen molar-refractivity contribution in [1.29, 1.82) is 0 Å². The van der Waals surface area contributed by atoms with Crippen molar-refractivity contribution in [2.75, 3.05) is 39.6 Å². The van der Waals surface area contributed by atoms with Gasteiger partial charge in [-0.2, -0.15) is 0 Å². The van der Waals surface area contributed by atoms with E-state index in [1.807, 2.05) is 0 Å². The fourth-order valence-corrected chi connectivity index (χ4v) is 14.2. The zero-order chi connectivity index (χ0) is 73.4. The van der Waals surface area contributed by atoms with Crippen LogP contribution >= 0.6 is 15.6 Å². The molecule has 0 spiro atoms. The Balaban J connectivity index is 5.17. The first-order chi connectivity index (χ1) is 48.5. The molecular weight excluding hydrogens is 1310 g/mol. The number of aliphatic hydroxyl groups excluding tert-OH is 1. The summed E-state index contributed by atoms with van der Waals surface area (Å²) in [7, 11) is -9.91. The van der Waals surface area contributed by atoms with E-state index in [9.17, 15) is 43.2 Å². The molecule has 0 saturated carbocycles. The van der Waals surface area contributed by atoms with Crippen LogP contribution in [0.25, 0.3) is 0 Å². The summed E-state index contributed by atoms with van der Waals surface area (Å²) >= 11 is 0. The van der Waals surface area contributed by atoms with Gasteiger partial charge in [-0.1, -0.05) is 381 Å². The Bertz CT molecular complexity index is 1910. The molecule has 0 aliphatic carbocycles. The van der Waals surface area contributed by atoms with Gasteiger partial charge in [-0.05, 0) is 31.6 Å². The average Bonchev–Trinajstić information content (AvgIpc) is 1.42. The van der Waals surface area contributed by atoms with Crippen molar-refractivity contribution < 1.29 is 80.2 Å². The summed E-state index contributed by atoms with van der Waals surface area (Å²) in [6.07, 6.45) is 65.4. The Labute approximate surface area is 613 Å². The fourth-order valence-electron chi connectivity index (χ4n) is 12.6. The molecule has 0 aromatic carbocycles. The van der Waals surface area contributed by atoms with Gasteiger partial charge < -0.3 is 33.8 Å². The maximum Gasteiger partial charge on any atom is 0.472 e. The lowest BCUT2D eigenvalue weighted by Crippen LogP contribution is -2.30. The van der Waals surface area contributed by atoms with E-state index in [4.69, 9.17) is 37.0 Å². The molecule has 0 rings (SSSR count). The lowest BCUT2D eigenvalue weighted by molar-refractivity contribution is -0.161. The van der Waals surface area contributed by atoms with Gasteiger partial charge in [0.25, 0.3) is 0 Å². The molecule has 0 fully saturated rings. The Morgan fingerprint density at radius 3 is 0.680 bits per heavy atom. The number of esters is 4. The van der Waals surface area contributed by atoms with Crippen molar-refractivity contribution >= 4 is 39.5 Å². The Morgan fingerprint density at radius 1 is 0.270 bits per heavy atom. The van der Waals surface area contributed by atoms with Gasteiger partial charge in [0, 0.05) is 25.7 Å². The minimum absolute atomic E-state index is 0.108. The summed E-state index contributed by atoms with van der Waals surface area (Å²) in [5, 5.41) is 10.6. The monoisotopic (exact) mass is 1470 g/mol. The number of ether oxygens (including phenoxy) is 4. The number of unbranched alkanes of at least 4 members (excludes halogenated alkanes) is 53. The van der Waals surface area contributed by atoms with Crippen molar-refractivity contribution in [3.05, 3.63) is 0 Å².